The maximum Gasteiger partial charge on any atom is 0.246 e. The van der Waals surface area contributed by atoms with Gasteiger partial charge >= 0.3 is 0 Å². The van der Waals surface area contributed by atoms with Gasteiger partial charge in [-0.3, -0.25) is 19.2 Å². The summed E-state index contributed by atoms with van der Waals surface area (Å²) >= 11 is 0. The summed E-state index contributed by atoms with van der Waals surface area (Å²) < 4.78 is 0. The Morgan fingerprint density at radius 1 is 0.974 bits per heavy atom. The van der Waals surface area contributed by atoms with Crippen molar-refractivity contribution in [3.8, 4) is 11.1 Å². The summed E-state index contributed by atoms with van der Waals surface area (Å²) in [5, 5.41) is 8.46. The van der Waals surface area contributed by atoms with Crippen LogP contribution in [0.1, 0.15) is 39.2 Å². The highest BCUT2D eigenvalue weighted by atomic mass is 16.2. The quantitative estimate of drug-likeness (QED) is 0.357. The zero-order valence-corrected chi connectivity index (χ0v) is 22.6. The fourth-order valence-electron chi connectivity index (χ4n) is 4.64. The molecule has 9 heteroatoms. The molecule has 3 rings (SSSR count). The second-order valence-electron chi connectivity index (χ2n) is 10.2. The van der Waals surface area contributed by atoms with Crippen LogP contribution in [0.2, 0.25) is 0 Å². The molecule has 0 unspecified atom stereocenters. The average Bonchev–Trinajstić information content (AvgIpc) is 3.41. The summed E-state index contributed by atoms with van der Waals surface area (Å²) in [6.07, 6.45) is 1.35. The first-order valence-corrected chi connectivity index (χ1v) is 13.1. The van der Waals surface area contributed by atoms with E-state index in [-0.39, 0.29) is 24.2 Å². The monoisotopic (exact) mass is 521 g/mol. The van der Waals surface area contributed by atoms with E-state index in [1.807, 2.05) is 68.4 Å². The van der Waals surface area contributed by atoms with Crippen LogP contribution < -0.4 is 21.7 Å². The first kappa shape index (κ1) is 28.8. The van der Waals surface area contributed by atoms with Crippen molar-refractivity contribution in [2.45, 2.75) is 64.2 Å². The van der Waals surface area contributed by atoms with E-state index >= 15 is 0 Å². The van der Waals surface area contributed by atoms with Crippen LogP contribution in [0, 0.1) is 5.92 Å². The molecule has 1 aliphatic rings. The van der Waals surface area contributed by atoms with Crippen LogP contribution in [0.5, 0.6) is 0 Å². The van der Waals surface area contributed by atoms with Gasteiger partial charge in [0.2, 0.25) is 23.6 Å². The number of likely N-dealkylation sites (N-methyl/N-ethyl adjacent to an activating group) is 1. The minimum absolute atomic E-state index is 0.171. The lowest BCUT2D eigenvalue weighted by Gasteiger charge is -2.31. The number of rotatable bonds is 11. The molecule has 0 aromatic heterocycles. The first-order valence-electron chi connectivity index (χ1n) is 13.1. The van der Waals surface area contributed by atoms with Gasteiger partial charge in [0.25, 0.3) is 0 Å². The van der Waals surface area contributed by atoms with Crippen molar-refractivity contribution in [2.75, 3.05) is 13.6 Å². The van der Waals surface area contributed by atoms with Crippen LogP contribution in [0.15, 0.2) is 54.6 Å². The van der Waals surface area contributed by atoms with Crippen LogP contribution in [0.4, 0.5) is 0 Å². The molecule has 0 aliphatic carbocycles. The van der Waals surface area contributed by atoms with Crippen molar-refractivity contribution in [3.05, 3.63) is 60.2 Å². The van der Waals surface area contributed by atoms with Crippen molar-refractivity contribution in [2.24, 2.45) is 11.7 Å². The number of benzene rings is 2. The molecule has 5 N–H and O–H groups in total. The molecule has 1 aliphatic heterocycles. The molecule has 2 aromatic rings. The Morgan fingerprint density at radius 2 is 1.66 bits per heavy atom. The third-order valence-electron chi connectivity index (χ3n) is 7.03. The topological polar surface area (TPSA) is 134 Å². The van der Waals surface area contributed by atoms with E-state index in [0.29, 0.717) is 19.4 Å². The summed E-state index contributed by atoms with van der Waals surface area (Å²) in [6, 6.07) is 14.7. The van der Waals surface area contributed by atoms with Gasteiger partial charge in [0.15, 0.2) is 0 Å². The molecular formula is C29H39N5O4. The maximum absolute atomic E-state index is 13.5. The predicted octanol–water partition coefficient (Wildman–Crippen LogP) is 1.61. The normalized spacial score (nSPS) is 17.5. The van der Waals surface area contributed by atoms with Crippen molar-refractivity contribution in [1.29, 1.82) is 0 Å². The van der Waals surface area contributed by atoms with Gasteiger partial charge < -0.3 is 26.6 Å². The molecule has 0 bridgehead atoms. The van der Waals surface area contributed by atoms with Gasteiger partial charge in [-0.1, -0.05) is 68.4 Å². The third kappa shape index (κ3) is 7.19. The lowest BCUT2D eigenvalue weighted by atomic mass is 9.99. The van der Waals surface area contributed by atoms with Crippen LogP contribution in [-0.2, 0) is 25.6 Å². The molecule has 0 saturated carbocycles. The van der Waals surface area contributed by atoms with E-state index in [9.17, 15) is 19.2 Å². The molecule has 1 saturated heterocycles. The zero-order valence-electron chi connectivity index (χ0n) is 22.6. The van der Waals surface area contributed by atoms with Crippen LogP contribution in [-0.4, -0.2) is 66.3 Å². The van der Waals surface area contributed by atoms with Gasteiger partial charge in [0, 0.05) is 13.0 Å². The summed E-state index contributed by atoms with van der Waals surface area (Å²) in [7, 11) is 1.67. The number of hydrogen-bond donors (Lipinski definition) is 4. The fraction of sp³-hybridized carbons (Fsp3) is 0.448. The Bertz CT molecular complexity index is 1140. The highest BCUT2D eigenvalue weighted by Gasteiger charge is 2.39. The van der Waals surface area contributed by atoms with Crippen LogP contribution >= 0.6 is 0 Å². The average molecular weight is 522 g/mol. The number of likely N-dealkylation sites (tertiary alicyclic amines) is 1. The lowest BCUT2D eigenvalue weighted by Crippen LogP contribution is -2.58. The fourth-order valence-corrected chi connectivity index (χ4v) is 4.64. The minimum atomic E-state index is -0.928. The molecule has 204 valence electrons. The second-order valence-corrected chi connectivity index (χ2v) is 10.2. The van der Waals surface area contributed by atoms with Crippen molar-refractivity contribution in [1.82, 2.24) is 20.9 Å². The number of primary amides is 1. The molecule has 0 spiro atoms. The Morgan fingerprint density at radius 3 is 2.29 bits per heavy atom. The summed E-state index contributed by atoms with van der Waals surface area (Å²) in [5.41, 5.74) is 8.58. The Balaban J connectivity index is 1.71. The summed E-state index contributed by atoms with van der Waals surface area (Å²) in [6.45, 7) is 5.82. The molecule has 1 heterocycles. The number of carbonyl (C=O) groups is 4. The third-order valence-corrected chi connectivity index (χ3v) is 7.03. The van der Waals surface area contributed by atoms with Gasteiger partial charge in [0.1, 0.15) is 18.1 Å². The number of nitrogens with two attached hydrogens (primary N) is 1. The highest BCUT2D eigenvalue weighted by Crippen LogP contribution is 2.22. The predicted molar refractivity (Wildman–Crippen MR) is 147 cm³/mol. The number of nitrogens with one attached hydrogen (secondary N) is 3. The van der Waals surface area contributed by atoms with Gasteiger partial charge in [-0.05, 0) is 49.4 Å². The Kier molecular flexibility index (Phi) is 10.0. The molecule has 4 amide bonds. The van der Waals surface area contributed by atoms with E-state index in [1.54, 1.807) is 14.0 Å². The van der Waals surface area contributed by atoms with E-state index in [0.717, 1.165) is 16.7 Å². The smallest absolute Gasteiger partial charge is 0.246 e. The van der Waals surface area contributed by atoms with Crippen molar-refractivity contribution in [3.63, 3.8) is 0 Å². The van der Waals surface area contributed by atoms with Crippen molar-refractivity contribution >= 4 is 23.6 Å². The van der Waals surface area contributed by atoms with Crippen LogP contribution in [0.25, 0.3) is 11.1 Å². The summed E-state index contributed by atoms with van der Waals surface area (Å²) in [5.74, 6) is -1.83. The molecule has 4 atom stereocenters. The van der Waals surface area contributed by atoms with Crippen LogP contribution in [0.3, 0.4) is 0 Å². The zero-order chi connectivity index (χ0) is 27.8. The number of carbonyl (C=O) groups excluding carboxylic acids is 4. The first-order chi connectivity index (χ1) is 18.1. The molecule has 2 aromatic carbocycles. The molecule has 9 nitrogen and oxygen atoms in total. The van der Waals surface area contributed by atoms with E-state index in [2.05, 4.69) is 16.0 Å². The lowest BCUT2D eigenvalue weighted by molar-refractivity contribution is -0.143. The van der Waals surface area contributed by atoms with Gasteiger partial charge in [0.05, 0.1) is 6.04 Å². The second kappa shape index (κ2) is 13.2. The SMILES string of the molecule is CN[C@@H](C)C(=O)N[C@H](C(=O)N1CCC[C@H]1C(=O)N[C@@H](Cc1cccc(-c2ccccc2)c1)C(N)=O)C(C)C. The van der Waals surface area contributed by atoms with E-state index < -0.39 is 36.0 Å². The molecule has 0 radical (unpaired) electrons. The highest BCUT2D eigenvalue weighted by molar-refractivity contribution is 5.95. The number of amides is 4. The van der Waals surface area contributed by atoms with Gasteiger partial charge in [-0.25, -0.2) is 0 Å². The number of nitrogens with zero attached hydrogens (tertiary/aromatic N) is 1. The van der Waals surface area contributed by atoms with E-state index in [1.165, 1.54) is 4.90 Å². The van der Waals surface area contributed by atoms with Crippen molar-refractivity contribution < 1.29 is 19.2 Å². The van der Waals surface area contributed by atoms with Gasteiger partial charge in [-0.15, -0.1) is 0 Å². The minimum Gasteiger partial charge on any atom is -0.368 e. The van der Waals surface area contributed by atoms with E-state index in [4.69, 9.17) is 5.73 Å². The molecule has 38 heavy (non-hydrogen) atoms. The molecular weight excluding hydrogens is 482 g/mol. The maximum atomic E-state index is 13.5. The Labute approximate surface area is 224 Å². The van der Waals surface area contributed by atoms with Gasteiger partial charge in [-0.2, -0.15) is 0 Å². The Hall–Kier alpha value is -3.72. The largest absolute Gasteiger partial charge is 0.368 e. The number of hydrogen-bond acceptors (Lipinski definition) is 5. The standard InChI is InChI=1S/C29H39N5O4/c1-18(2)25(33-27(36)19(3)31-4)29(38)34-15-9-14-24(34)28(37)32-23(26(30)35)17-20-10-8-13-22(16-20)21-11-6-5-7-12-21/h5-8,10-13,16,18-19,23-25,31H,9,14-15,17H2,1-4H3,(H2,30,35)(H,32,37)(H,33,36)/t19-,23-,24-,25-/m0/s1. The molecule has 1 fully saturated rings. The summed E-state index contributed by atoms with van der Waals surface area (Å²) in [4.78, 5) is 53.0.